The zero-order valence-electron chi connectivity index (χ0n) is 8.60. The van der Waals surface area contributed by atoms with Gasteiger partial charge in [-0.3, -0.25) is 0 Å². The molecule has 0 saturated carbocycles. The molecule has 16 heavy (non-hydrogen) atoms. The first kappa shape index (κ1) is 8.05. The summed E-state index contributed by atoms with van der Waals surface area (Å²) in [6, 6.07) is 8.36. The van der Waals surface area contributed by atoms with Gasteiger partial charge in [-0.25, -0.2) is 0 Å². The minimum Gasteiger partial charge on any atom is -0.478 e. The molecule has 2 aromatic rings. The van der Waals surface area contributed by atoms with Crippen molar-refractivity contribution in [1.82, 2.24) is 9.88 Å². The molecule has 0 aliphatic carbocycles. The first-order valence-corrected chi connectivity index (χ1v) is 5.30. The molecular formula is C13H10N2O. The van der Waals surface area contributed by atoms with E-state index in [4.69, 9.17) is 4.74 Å². The van der Waals surface area contributed by atoms with E-state index in [1.807, 2.05) is 6.07 Å². The summed E-state index contributed by atoms with van der Waals surface area (Å²) in [4.78, 5) is 5.53. The molecule has 1 aromatic heterocycles. The van der Waals surface area contributed by atoms with Gasteiger partial charge in [0.05, 0.1) is 11.0 Å². The number of hydrogen-bond donors (Lipinski definition) is 1. The van der Waals surface area contributed by atoms with Crippen LogP contribution in [-0.2, 0) is 4.74 Å². The van der Waals surface area contributed by atoms with Crippen LogP contribution in [0.2, 0.25) is 0 Å². The van der Waals surface area contributed by atoms with E-state index in [9.17, 15) is 0 Å². The summed E-state index contributed by atoms with van der Waals surface area (Å²) in [5.41, 5.74) is 2.29. The highest BCUT2D eigenvalue weighted by Gasteiger charge is 2.16. The third kappa shape index (κ3) is 0.922. The molecule has 3 heteroatoms. The third-order valence-electron chi connectivity index (χ3n) is 3.10. The molecule has 4 rings (SSSR count). The van der Waals surface area contributed by atoms with Gasteiger partial charge in [-0.05, 0) is 12.1 Å². The lowest BCUT2D eigenvalue weighted by atomic mass is 10.2. The molecule has 0 bridgehead atoms. The maximum absolute atomic E-state index is 5.29. The summed E-state index contributed by atoms with van der Waals surface area (Å²) < 4.78 is 5.29. The van der Waals surface area contributed by atoms with Gasteiger partial charge in [0.25, 0.3) is 0 Å². The molecule has 0 spiro atoms. The molecule has 0 unspecified atom stereocenters. The van der Waals surface area contributed by atoms with Crippen LogP contribution >= 0.6 is 0 Å². The Kier molecular flexibility index (Phi) is 1.36. The highest BCUT2D eigenvalue weighted by Crippen LogP contribution is 2.16. The molecule has 2 aliphatic heterocycles. The highest BCUT2D eigenvalue weighted by atomic mass is 16.5. The van der Waals surface area contributed by atoms with Crippen LogP contribution in [0.4, 0.5) is 0 Å². The van der Waals surface area contributed by atoms with Crippen molar-refractivity contribution >= 4 is 23.2 Å². The van der Waals surface area contributed by atoms with Crippen LogP contribution in [-0.4, -0.2) is 16.6 Å². The van der Waals surface area contributed by atoms with Crippen LogP contribution < -0.4 is 10.6 Å². The van der Waals surface area contributed by atoms with Gasteiger partial charge >= 0.3 is 0 Å². The second-order valence-corrected chi connectivity index (χ2v) is 4.08. The number of allylic oxidation sites excluding steroid dienone is 1. The number of ether oxygens (including phenoxy) is 1. The van der Waals surface area contributed by atoms with E-state index in [-0.39, 0.29) is 0 Å². The van der Waals surface area contributed by atoms with Crippen molar-refractivity contribution in [2.24, 2.45) is 0 Å². The Morgan fingerprint density at radius 1 is 1.25 bits per heavy atom. The van der Waals surface area contributed by atoms with Crippen molar-refractivity contribution in [3.63, 3.8) is 0 Å². The monoisotopic (exact) mass is 210 g/mol. The lowest BCUT2D eigenvalue weighted by molar-refractivity contribution is 0.212. The van der Waals surface area contributed by atoms with Crippen molar-refractivity contribution in [2.75, 3.05) is 6.73 Å². The van der Waals surface area contributed by atoms with E-state index in [1.165, 1.54) is 16.1 Å². The Morgan fingerprint density at radius 3 is 3.19 bits per heavy atom. The summed E-state index contributed by atoms with van der Waals surface area (Å²) >= 11 is 0. The number of nitrogens with zero attached hydrogens (tertiary/aromatic N) is 1. The Bertz CT molecular complexity index is 724. The van der Waals surface area contributed by atoms with Crippen LogP contribution in [0.3, 0.4) is 0 Å². The molecule has 3 heterocycles. The number of para-hydroxylation sites is 1. The van der Waals surface area contributed by atoms with Gasteiger partial charge in [-0.15, -0.1) is 0 Å². The smallest absolute Gasteiger partial charge is 0.164 e. The topological polar surface area (TPSA) is 28.3 Å². The van der Waals surface area contributed by atoms with E-state index < -0.39 is 0 Å². The van der Waals surface area contributed by atoms with Crippen molar-refractivity contribution in [3.8, 4) is 0 Å². The molecule has 0 saturated heterocycles. The predicted octanol–water partition coefficient (Wildman–Crippen LogP) is 0.831. The largest absolute Gasteiger partial charge is 0.478 e. The fraction of sp³-hybridized carbons (Fsp3) is 0.0769. The fourth-order valence-electron chi connectivity index (χ4n) is 2.32. The average Bonchev–Trinajstić information content (AvgIpc) is 2.88. The molecule has 0 fully saturated rings. The SMILES string of the molecule is C1=C2C=c3[nH]c4ccccc4c3=CN2CO1. The summed E-state index contributed by atoms with van der Waals surface area (Å²) in [5, 5.41) is 3.67. The number of aromatic amines is 1. The molecule has 0 amide bonds. The molecular weight excluding hydrogens is 200 g/mol. The summed E-state index contributed by atoms with van der Waals surface area (Å²) in [7, 11) is 0. The summed E-state index contributed by atoms with van der Waals surface area (Å²) in [5.74, 6) is 0. The number of hydrogen-bond acceptors (Lipinski definition) is 2. The molecule has 1 N–H and O–H groups in total. The second-order valence-electron chi connectivity index (χ2n) is 4.08. The number of benzene rings is 1. The van der Waals surface area contributed by atoms with Crippen LogP contribution in [0.15, 0.2) is 36.2 Å². The minimum absolute atomic E-state index is 0.616. The first-order chi connectivity index (χ1) is 7.92. The third-order valence-corrected chi connectivity index (χ3v) is 3.10. The lowest BCUT2D eigenvalue weighted by Crippen LogP contribution is -2.32. The molecule has 0 atom stereocenters. The zero-order valence-corrected chi connectivity index (χ0v) is 8.60. The maximum atomic E-state index is 5.29. The molecule has 1 aromatic carbocycles. The van der Waals surface area contributed by atoms with Crippen LogP contribution in [0.1, 0.15) is 0 Å². The van der Waals surface area contributed by atoms with E-state index in [2.05, 4.69) is 40.4 Å². The molecule has 2 aliphatic rings. The standard InChI is InChI=1S/C13H10N2O/c1-2-4-12-10(3-1)11-6-15-8-16-7-9(15)5-13(11)14-12/h1-7,14H,8H2. The van der Waals surface area contributed by atoms with Gasteiger partial charge in [0.1, 0.15) is 6.26 Å². The number of nitrogens with one attached hydrogen (secondary N) is 1. The van der Waals surface area contributed by atoms with Gasteiger partial charge < -0.3 is 14.6 Å². The summed E-state index contributed by atoms with van der Waals surface area (Å²) in [6.07, 6.45) is 6.07. The van der Waals surface area contributed by atoms with Crippen molar-refractivity contribution in [2.45, 2.75) is 0 Å². The van der Waals surface area contributed by atoms with Gasteiger partial charge in [0.2, 0.25) is 0 Å². The Hall–Kier alpha value is -2.16. The van der Waals surface area contributed by atoms with Gasteiger partial charge in [-0.1, -0.05) is 18.2 Å². The first-order valence-electron chi connectivity index (χ1n) is 5.30. The molecule has 3 nitrogen and oxygen atoms in total. The number of rotatable bonds is 0. The van der Waals surface area contributed by atoms with Crippen LogP contribution in [0, 0.1) is 0 Å². The normalized spacial score (nSPS) is 17.0. The number of H-pyrrole nitrogens is 1. The maximum Gasteiger partial charge on any atom is 0.164 e. The van der Waals surface area contributed by atoms with Crippen molar-refractivity contribution < 1.29 is 4.74 Å². The second kappa shape index (κ2) is 2.70. The zero-order chi connectivity index (χ0) is 10.5. The average molecular weight is 210 g/mol. The van der Waals surface area contributed by atoms with Gasteiger partial charge in [0, 0.05) is 22.3 Å². The Labute approximate surface area is 91.9 Å². The van der Waals surface area contributed by atoms with E-state index in [1.54, 1.807) is 6.26 Å². The van der Waals surface area contributed by atoms with E-state index in [0.717, 1.165) is 11.0 Å². The predicted molar refractivity (Wildman–Crippen MR) is 62.4 cm³/mol. The van der Waals surface area contributed by atoms with Gasteiger partial charge in [-0.2, -0.15) is 0 Å². The fourth-order valence-corrected chi connectivity index (χ4v) is 2.32. The van der Waals surface area contributed by atoms with Crippen molar-refractivity contribution in [1.29, 1.82) is 0 Å². The van der Waals surface area contributed by atoms with Crippen molar-refractivity contribution in [3.05, 3.63) is 46.8 Å². The summed E-state index contributed by atoms with van der Waals surface area (Å²) in [6.45, 7) is 0.616. The van der Waals surface area contributed by atoms with Crippen LogP contribution in [0.25, 0.3) is 23.2 Å². The minimum atomic E-state index is 0.616. The van der Waals surface area contributed by atoms with E-state index in [0.29, 0.717) is 6.73 Å². The number of aromatic nitrogens is 1. The molecule has 0 radical (unpaired) electrons. The molecule has 78 valence electrons. The van der Waals surface area contributed by atoms with Gasteiger partial charge in [0.15, 0.2) is 6.73 Å². The highest BCUT2D eigenvalue weighted by molar-refractivity contribution is 5.82. The quantitative estimate of drug-likeness (QED) is 0.697. The Morgan fingerprint density at radius 2 is 2.19 bits per heavy atom. The number of fused-ring (bicyclic) bond motifs is 4. The van der Waals surface area contributed by atoms with Crippen LogP contribution in [0.5, 0.6) is 0 Å². The van der Waals surface area contributed by atoms with E-state index >= 15 is 0 Å². The lowest BCUT2D eigenvalue weighted by Gasteiger charge is -2.14. The Balaban J connectivity index is 2.18.